The summed E-state index contributed by atoms with van der Waals surface area (Å²) < 4.78 is 6.86. The van der Waals surface area contributed by atoms with Crippen LogP contribution >= 0.6 is 39.1 Å². The first-order valence-corrected chi connectivity index (χ1v) is 7.07. The van der Waals surface area contributed by atoms with Gasteiger partial charge in [-0.25, -0.2) is 0 Å². The second-order valence-corrected chi connectivity index (χ2v) is 5.94. The predicted molar refractivity (Wildman–Crippen MR) is 76.8 cm³/mol. The van der Waals surface area contributed by atoms with Crippen LogP contribution in [0.5, 0.6) is 0 Å². The lowest BCUT2D eigenvalue weighted by molar-refractivity contribution is 0.0370. The Labute approximate surface area is 120 Å². The van der Waals surface area contributed by atoms with Crippen LogP contribution in [0.15, 0.2) is 46.0 Å². The van der Waals surface area contributed by atoms with Crippen LogP contribution in [-0.4, -0.2) is 17.6 Å². The van der Waals surface area contributed by atoms with Crippen molar-refractivity contribution in [2.75, 3.05) is 0 Å². The molecular formula is C13H13BrCl2O. The van der Waals surface area contributed by atoms with Gasteiger partial charge in [0.15, 0.2) is 0 Å². The Kier molecular flexibility index (Phi) is 4.53. The molecule has 0 amide bonds. The lowest BCUT2D eigenvalue weighted by Gasteiger charge is -2.26. The summed E-state index contributed by atoms with van der Waals surface area (Å²) in [4.78, 5) is 0. The maximum absolute atomic E-state index is 6.14. The summed E-state index contributed by atoms with van der Waals surface area (Å²) in [5, 5.41) is 0.670. The van der Waals surface area contributed by atoms with E-state index in [2.05, 4.69) is 22.5 Å². The van der Waals surface area contributed by atoms with Crippen molar-refractivity contribution in [2.24, 2.45) is 0 Å². The van der Waals surface area contributed by atoms with E-state index < -0.39 is 0 Å². The highest BCUT2D eigenvalue weighted by molar-refractivity contribution is 9.12. The molecule has 0 aromatic heterocycles. The fraction of sp³-hybridized carbons (Fsp3) is 0.385. The molecule has 0 bridgehead atoms. The Bertz CT molecular complexity index is 412. The molecule has 2 aliphatic rings. The van der Waals surface area contributed by atoms with Crippen LogP contribution in [-0.2, 0) is 4.74 Å². The minimum Gasteiger partial charge on any atom is -0.366 e. The second kappa shape index (κ2) is 5.75. The van der Waals surface area contributed by atoms with Crippen molar-refractivity contribution in [2.45, 2.75) is 30.4 Å². The van der Waals surface area contributed by atoms with E-state index in [-0.39, 0.29) is 17.6 Å². The third-order valence-corrected chi connectivity index (χ3v) is 4.57. The second-order valence-electron chi connectivity index (χ2n) is 4.15. The molecule has 0 N–H and O–H groups in total. The maximum Gasteiger partial charge on any atom is 0.0816 e. The lowest BCUT2D eigenvalue weighted by atomic mass is 10.00. The molecule has 3 unspecified atom stereocenters. The first kappa shape index (κ1) is 13.4. The quantitative estimate of drug-likeness (QED) is 0.666. The van der Waals surface area contributed by atoms with Crippen LogP contribution in [0.1, 0.15) is 12.8 Å². The number of halogens is 3. The van der Waals surface area contributed by atoms with Gasteiger partial charge in [0, 0.05) is 4.48 Å². The van der Waals surface area contributed by atoms with E-state index in [0.29, 0.717) is 5.03 Å². The molecule has 0 radical (unpaired) electrons. The molecule has 2 rings (SSSR count). The average Bonchev–Trinajstić information content (AvgIpc) is 2.29. The Morgan fingerprint density at radius 1 is 1.41 bits per heavy atom. The molecule has 0 aliphatic heterocycles. The van der Waals surface area contributed by atoms with Gasteiger partial charge in [-0.15, -0.1) is 11.6 Å². The van der Waals surface area contributed by atoms with Gasteiger partial charge in [0.2, 0.25) is 0 Å². The predicted octanol–water partition coefficient (Wildman–Crippen LogP) is 4.67. The fourth-order valence-electron chi connectivity index (χ4n) is 1.82. The molecule has 92 valence electrons. The Morgan fingerprint density at radius 3 is 2.82 bits per heavy atom. The molecule has 3 atom stereocenters. The zero-order valence-corrected chi connectivity index (χ0v) is 12.3. The van der Waals surface area contributed by atoms with Gasteiger partial charge in [-0.1, -0.05) is 36.4 Å². The van der Waals surface area contributed by atoms with E-state index in [9.17, 15) is 0 Å². The van der Waals surface area contributed by atoms with Crippen molar-refractivity contribution >= 4 is 39.1 Å². The van der Waals surface area contributed by atoms with Gasteiger partial charge >= 0.3 is 0 Å². The molecule has 0 aromatic carbocycles. The maximum atomic E-state index is 6.14. The third kappa shape index (κ3) is 3.47. The first-order chi connectivity index (χ1) is 8.06. The molecule has 0 saturated carbocycles. The highest BCUT2D eigenvalue weighted by atomic mass is 79.9. The van der Waals surface area contributed by atoms with Crippen LogP contribution in [0.2, 0.25) is 0 Å². The van der Waals surface area contributed by atoms with Crippen LogP contribution in [0.3, 0.4) is 0 Å². The van der Waals surface area contributed by atoms with Gasteiger partial charge in [-0.2, -0.15) is 0 Å². The van der Waals surface area contributed by atoms with E-state index in [1.54, 1.807) is 0 Å². The number of ether oxygens (including phenoxy) is 1. The summed E-state index contributed by atoms with van der Waals surface area (Å²) in [5.74, 6) is 0. The molecule has 17 heavy (non-hydrogen) atoms. The minimum absolute atomic E-state index is 0.0219. The molecular weight excluding hydrogens is 323 g/mol. The van der Waals surface area contributed by atoms with E-state index in [4.69, 9.17) is 27.9 Å². The average molecular weight is 336 g/mol. The fourth-order valence-corrected chi connectivity index (χ4v) is 2.60. The summed E-state index contributed by atoms with van der Waals surface area (Å²) >= 11 is 15.6. The molecule has 0 spiro atoms. The van der Waals surface area contributed by atoms with E-state index in [1.807, 2.05) is 24.3 Å². The molecule has 0 fully saturated rings. The van der Waals surface area contributed by atoms with Crippen LogP contribution < -0.4 is 0 Å². The van der Waals surface area contributed by atoms with Gasteiger partial charge in [-0.3, -0.25) is 0 Å². The topological polar surface area (TPSA) is 9.23 Å². The number of hydrogen-bond donors (Lipinski definition) is 0. The van der Waals surface area contributed by atoms with Gasteiger partial charge in [0.1, 0.15) is 0 Å². The summed E-state index contributed by atoms with van der Waals surface area (Å²) in [7, 11) is 0. The smallest absolute Gasteiger partial charge is 0.0816 e. The summed E-state index contributed by atoms with van der Waals surface area (Å²) in [6.45, 7) is 3.88. The van der Waals surface area contributed by atoms with Crippen molar-refractivity contribution < 1.29 is 4.74 Å². The third-order valence-electron chi connectivity index (χ3n) is 2.81. The Hall–Kier alpha value is -0.0200. The van der Waals surface area contributed by atoms with Crippen molar-refractivity contribution in [3.8, 4) is 0 Å². The number of hydrogen-bond acceptors (Lipinski definition) is 1. The monoisotopic (exact) mass is 334 g/mol. The normalized spacial score (nSPS) is 33.4. The number of allylic oxidation sites excluding steroid dienone is 4. The van der Waals surface area contributed by atoms with Crippen LogP contribution in [0.4, 0.5) is 0 Å². The van der Waals surface area contributed by atoms with Crippen molar-refractivity contribution in [3.05, 3.63) is 46.0 Å². The SMILES string of the molecule is C=C1C=CC(OC2C=C(Cl)C(Br)=CC2)CC1Cl. The molecule has 0 saturated heterocycles. The van der Waals surface area contributed by atoms with E-state index in [1.165, 1.54) is 0 Å². The Balaban J connectivity index is 1.95. The van der Waals surface area contributed by atoms with Gasteiger partial charge in [0.25, 0.3) is 0 Å². The van der Waals surface area contributed by atoms with E-state index in [0.717, 1.165) is 22.9 Å². The molecule has 4 heteroatoms. The van der Waals surface area contributed by atoms with Gasteiger partial charge in [0.05, 0.1) is 22.6 Å². The minimum atomic E-state index is -0.0321. The Morgan fingerprint density at radius 2 is 2.18 bits per heavy atom. The van der Waals surface area contributed by atoms with Gasteiger partial charge in [-0.05, 0) is 40.4 Å². The number of alkyl halides is 1. The largest absolute Gasteiger partial charge is 0.366 e. The molecule has 0 aromatic rings. The van der Waals surface area contributed by atoms with Crippen molar-refractivity contribution in [1.82, 2.24) is 0 Å². The molecule has 2 aliphatic carbocycles. The highest BCUT2D eigenvalue weighted by Gasteiger charge is 2.22. The van der Waals surface area contributed by atoms with Crippen LogP contribution in [0.25, 0.3) is 0 Å². The summed E-state index contributed by atoms with van der Waals surface area (Å²) in [5.41, 5.74) is 0.950. The van der Waals surface area contributed by atoms with Gasteiger partial charge < -0.3 is 4.74 Å². The summed E-state index contributed by atoms with van der Waals surface area (Å²) in [6, 6.07) is 0. The zero-order chi connectivity index (χ0) is 12.4. The lowest BCUT2D eigenvalue weighted by Crippen LogP contribution is -2.25. The first-order valence-electron chi connectivity index (χ1n) is 5.46. The number of rotatable bonds is 2. The van der Waals surface area contributed by atoms with Crippen LogP contribution in [0, 0.1) is 0 Å². The summed E-state index contributed by atoms with van der Waals surface area (Å²) in [6.07, 6.45) is 9.55. The highest BCUT2D eigenvalue weighted by Crippen LogP contribution is 2.30. The molecule has 1 nitrogen and oxygen atoms in total. The van der Waals surface area contributed by atoms with E-state index >= 15 is 0 Å². The zero-order valence-electron chi connectivity index (χ0n) is 9.20. The standard InChI is InChI=1S/C13H13BrCl2O/c1-8-2-3-9(6-12(8)15)17-10-4-5-11(14)13(16)7-10/h2-3,5,7,9-10,12H,1,4,6H2. The van der Waals surface area contributed by atoms with Crippen molar-refractivity contribution in [3.63, 3.8) is 0 Å². The molecule has 0 heterocycles. The van der Waals surface area contributed by atoms with Crippen molar-refractivity contribution in [1.29, 1.82) is 0 Å².